The highest BCUT2D eigenvalue weighted by Crippen LogP contribution is 2.37. The monoisotopic (exact) mass is 424 g/mol. The Labute approximate surface area is 161 Å². The molecule has 12 heteroatoms. The van der Waals surface area contributed by atoms with Crippen molar-refractivity contribution in [3.05, 3.63) is 33.1 Å². The summed E-state index contributed by atoms with van der Waals surface area (Å²) in [7, 11) is 0. The molecular formula is C16H19F3N2O6S. The number of halogens is 3. The summed E-state index contributed by atoms with van der Waals surface area (Å²) < 4.78 is 50.5. The van der Waals surface area contributed by atoms with Crippen LogP contribution in [0.3, 0.4) is 0 Å². The van der Waals surface area contributed by atoms with E-state index in [1.807, 2.05) is 12.0 Å². The lowest BCUT2D eigenvalue weighted by molar-refractivity contribution is -0.278. The molecule has 3 heterocycles. The molecule has 0 unspecified atom stereocenters. The van der Waals surface area contributed by atoms with E-state index >= 15 is 0 Å². The fourth-order valence-corrected chi connectivity index (χ4v) is 3.76. The molecule has 0 radical (unpaired) electrons. The molecule has 0 bridgehead atoms. The molecule has 0 aromatic carbocycles. The van der Waals surface area contributed by atoms with Gasteiger partial charge in [0.1, 0.15) is 30.1 Å². The summed E-state index contributed by atoms with van der Waals surface area (Å²) in [5.74, 6) is -0.456. The first-order chi connectivity index (χ1) is 13.1. The Morgan fingerprint density at radius 3 is 2.54 bits per heavy atom. The van der Waals surface area contributed by atoms with Crippen LogP contribution in [0.2, 0.25) is 0 Å². The van der Waals surface area contributed by atoms with Gasteiger partial charge in [0.05, 0.1) is 12.2 Å². The number of hydrogen-bond donors (Lipinski definition) is 5. The van der Waals surface area contributed by atoms with Gasteiger partial charge in [-0.1, -0.05) is 0 Å². The molecule has 1 aliphatic heterocycles. The number of aliphatic hydroxyl groups is 4. The maximum Gasteiger partial charge on any atom is 0.433 e. The highest BCUT2D eigenvalue weighted by molar-refractivity contribution is 7.10. The van der Waals surface area contributed by atoms with Gasteiger partial charge in [0.2, 0.25) is 12.2 Å². The van der Waals surface area contributed by atoms with Crippen LogP contribution in [0.15, 0.2) is 11.4 Å². The van der Waals surface area contributed by atoms with Crippen LogP contribution >= 0.6 is 11.3 Å². The van der Waals surface area contributed by atoms with Gasteiger partial charge in [0, 0.05) is 11.3 Å². The molecule has 8 nitrogen and oxygen atoms in total. The Morgan fingerprint density at radius 1 is 1.25 bits per heavy atom. The normalized spacial score (nSPS) is 28.5. The smallest absolute Gasteiger partial charge is 0.433 e. The third kappa shape index (κ3) is 4.16. The summed E-state index contributed by atoms with van der Waals surface area (Å²) in [5.41, 5.74) is -0.488. The predicted octanol–water partition coefficient (Wildman–Crippen LogP) is 0.568. The topological polar surface area (TPSA) is 128 Å². The van der Waals surface area contributed by atoms with Crippen molar-refractivity contribution in [1.29, 1.82) is 0 Å². The van der Waals surface area contributed by atoms with E-state index < -0.39 is 55.1 Å². The van der Waals surface area contributed by atoms with Gasteiger partial charge in [0.25, 0.3) is 0 Å². The lowest BCUT2D eigenvalue weighted by Gasteiger charge is -2.39. The standard InChI is InChI=1S/C16H19F3N2O6S/c1-6-2-7(28-5-6)3-8-13(16(17,18)19)20-21-14(8)27-15-12(25)11(24)10(23)9(4-22)26-15/h2,5,9-12,15,22-25H,3-4H2,1H3,(H,20,21)/t9-,10-,11+,12-,15+/m1/s1. The van der Waals surface area contributed by atoms with Gasteiger partial charge in [0.15, 0.2) is 0 Å². The Morgan fingerprint density at radius 2 is 1.96 bits per heavy atom. The van der Waals surface area contributed by atoms with Gasteiger partial charge in [-0.05, 0) is 23.9 Å². The molecule has 1 fully saturated rings. The van der Waals surface area contributed by atoms with E-state index in [4.69, 9.17) is 9.47 Å². The molecule has 0 aliphatic carbocycles. The molecule has 1 aliphatic rings. The summed E-state index contributed by atoms with van der Waals surface area (Å²) in [4.78, 5) is 0.642. The van der Waals surface area contributed by atoms with E-state index in [0.717, 1.165) is 5.56 Å². The molecule has 28 heavy (non-hydrogen) atoms. The van der Waals surface area contributed by atoms with Crippen molar-refractivity contribution in [3.8, 4) is 5.88 Å². The van der Waals surface area contributed by atoms with Crippen LogP contribution in [0.4, 0.5) is 13.2 Å². The number of thiophene rings is 1. The number of aromatic amines is 1. The maximum atomic E-state index is 13.3. The number of hydrogen-bond acceptors (Lipinski definition) is 8. The van der Waals surface area contributed by atoms with Gasteiger partial charge in [-0.15, -0.1) is 16.4 Å². The van der Waals surface area contributed by atoms with Crippen molar-refractivity contribution in [1.82, 2.24) is 10.2 Å². The number of aryl methyl sites for hydroxylation is 1. The second kappa shape index (κ2) is 7.97. The van der Waals surface area contributed by atoms with Crippen LogP contribution < -0.4 is 4.74 Å². The lowest BCUT2D eigenvalue weighted by atomic mass is 9.99. The average molecular weight is 424 g/mol. The summed E-state index contributed by atoms with van der Waals surface area (Å²) in [6, 6.07) is 1.73. The first kappa shape index (κ1) is 21.0. The van der Waals surface area contributed by atoms with Crippen LogP contribution in [0.25, 0.3) is 0 Å². The van der Waals surface area contributed by atoms with Gasteiger partial charge in [-0.25, -0.2) is 0 Å². The molecule has 2 aromatic heterocycles. The number of ether oxygens (including phenoxy) is 2. The van der Waals surface area contributed by atoms with Crippen LogP contribution in [-0.4, -0.2) is 67.9 Å². The third-order valence-corrected chi connectivity index (χ3v) is 5.38. The zero-order valence-electron chi connectivity index (χ0n) is 14.6. The van der Waals surface area contributed by atoms with E-state index in [9.17, 15) is 33.6 Å². The van der Waals surface area contributed by atoms with E-state index in [1.165, 1.54) is 11.3 Å². The number of rotatable bonds is 5. The van der Waals surface area contributed by atoms with Gasteiger partial charge < -0.3 is 29.9 Å². The van der Waals surface area contributed by atoms with E-state index in [0.29, 0.717) is 4.88 Å². The van der Waals surface area contributed by atoms with Crippen molar-refractivity contribution in [2.75, 3.05) is 6.61 Å². The van der Waals surface area contributed by atoms with Crippen LogP contribution in [0, 0.1) is 6.92 Å². The van der Waals surface area contributed by atoms with Gasteiger partial charge in [-0.2, -0.15) is 13.2 Å². The number of nitrogens with zero attached hydrogens (tertiary/aromatic N) is 1. The van der Waals surface area contributed by atoms with Crippen molar-refractivity contribution < 1.29 is 43.1 Å². The zero-order chi connectivity index (χ0) is 20.6. The number of nitrogens with one attached hydrogen (secondary N) is 1. The van der Waals surface area contributed by atoms with Crippen LogP contribution in [0.1, 0.15) is 21.7 Å². The Bertz CT molecular complexity index is 809. The van der Waals surface area contributed by atoms with Crippen molar-refractivity contribution in [3.63, 3.8) is 0 Å². The fraction of sp³-hybridized carbons (Fsp3) is 0.562. The molecule has 5 N–H and O–H groups in total. The quantitative estimate of drug-likeness (QED) is 0.475. The molecule has 156 valence electrons. The Kier molecular flexibility index (Phi) is 5.98. The fourth-order valence-electron chi connectivity index (χ4n) is 2.88. The maximum absolute atomic E-state index is 13.3. The summed E-state index contributed by atoms with van der Waals surface area (Å²) in [6.45, 7) is 1.12. The van der Waals surface area contributed by atoms with Gasteiger partial charge >= 0.3 is 6.18 Å². The molecule has 5 atom stereocenters. The summed E-state index contributed by atoms with van der Waals surface area (Å²) >= 11 is 1.28. The minimum Gasteiger partial charge on any atom is -0.443 e. The van der Waals surface area contributed by atoms with E-state index in [-0.39, 0.29) is 12.0 Å². The van der Waals surface area contributed by atoms with E-state index in [2.05, 4.69) is 5.10 Å². The average Bonchev–Trinajstić information content (AvgIpc) is 3.21. The molecule has 0 saturated carbocycles. The number of aliphatic hydroxyl groups excluding tert-OH is 4. The van der Waals surface area contributed by atoms with Crippen LogP contribution in [-0.2, 0) is 17.3 Å². The first-order valence-corrected chi connectivity index (χ1v) is 9.15. The molecule has 1 saturated heterocycles. The third-order valence-electron chi connectivity index (χ3n) is 4.32. The second-order valence-electron chi connectivity index (χ2n) is 6.46. The SMILES string of the molecule is Cc1csc(Cc2c(O[C@@H]3O[C@H](CO)[C@@H](O)[C@H](O)[C@H]3O)n[nH]c2C(F)(F)F)c1. The minimum atomic E-state index is -4.72. The van der Waals surface area contributed by atoms with E-state index in [1.54, 1.807) is 11.4 Å². The molecule has 0 spiro atoms. The first-order valence-electron chi connectivity index (χ1n) is 8.27. The van der Waals surface area contributed by atoms with Gasteiger partial charge in [-0.3, -0.25) is 5.10 Å². The molecule has 3 rings (SSSR count). The highest BCUT2D eigenvalue weighted by Gasteiger charge is 2.46. The number of alkyl halides is 3. The number of aromatic nitrogens is 2. The van der Waals surface area contributed by atoms with Crippen molar-refractivity contribution >= 4 is 11.3 Å². The molecule has 2 aromatic rings. The second-order valence-corrected chi connectivity index (χ2v) is 7.46. The Balaban J connectivity index is 1.90. The largest absolute Gasteiger partial charge is 0.443 e. The summed E-state index contributed by atoms with van der Waals surface area (Å²) in [6.07, 6.45) is -12.8. The predicted molar refractivity (Wildman–Crippen MR) is 89.8 cm³/mol. The van der Waals surface area contributed by atoms with Crippen LogP contribution in [0.5, 0.6) is 5.88 Å². The minimum absolute atomic E-state index is 0.128. The van der Waals surface area contributed by atoms with Crippen molar-refractivity contribution in [2.24, 2.45) is 0 Å². The number of H-pyrrole nitrogens is 1. The van der Waals surface area contributed by atoms with Crippen molar-refractivity contribution in [2.45, 2.75) is 50.2 Å². The molecule has 0 amide bonds. The zero-order valence-corrected chi connectivity index (χ0v) is 15.4. The highest BCUT2D eigenvalue weighted by atomic mass is 32.1. The summed E-state index contributed by atoms with van der Waals surface area (Å²) in [5, 5.41) is 46.1. The lowest BCUT2D eigenvalue weighted by Crippen LogP contribution is -2.60. The molecular weight excluding hydrogens is 405 g/mol. The Hall–Kier alpha value is -1.70.